The van der Waals surface area contributed by atoms with Gasteiger partial charge in [0.05, 0.1) is 18.4 Å². The van der Waals surface area contributed by atoms with E-state index in [0.29, 0.717) is 5.56 Å². The molecule has 0 aliphatic carbocycles. The SMILES string of the molecule is COc1cc(C(=O)O)c(F)cc1NS(=O)(=O)c1sccc1C. The molecule has 0 radical (unpaired) electrons. The van der Waals surface area contributed by atoms with Gasteiger partial charge in [0.25, 0.3) is 10.0 Å². The summed E-state index contributed by atoms with van der Waals surface area (Å²) in [6.07, 6.45) is 0. The van der Waals surface area contributed by atoms with Crippen LogP contribution in [0.15, 0.2) is 27.8 Å². The maximum atomic E-state index is 13.7. The molecule has 0 saturated heterocycles. The molecule has 9 heteroatoms. The van der Waals surface area contributed by atoms with Crippen LogP contribution in [0.25, 0.3) is 0 Å². The van der Waals surface area contributed by atoms with Crippen molar-refractivity contribution in [2.45, 2.75) is 11.1 Å². The van der Waals surface area contributed by atoms with E-state index in [1.807, 2.05) is 0 Å². The molecule has 0 atom stereocenters. The summed E-state index contributed by atoms with van der Waals surface area (Å²) in [4.78, 5) is 10.9. The zero-order chi connectivity index (χ0) is 16.5. The summed E-state index contributed by atoms with van der Waals surface area (Å²) in [6, 6.07) is 3.35. The first-order chi connectivity index (χ1) is 10.3. The van der Waals surface area contributed by atoms with Crippen LogP contribution in [0.2, 0.25) is 0 Å². The highest BCUT2D eigenvalue weighted by Gasteiger charge is 2.22. The third-order valence-electron chi connectivity index (χ3n) is 2.82. The maximum absolute atomic E-state index is 13.7. The van der Waals surface area contributed by atoms with Crippen molar-refractivity contribution in [3.05, 3.63) is 40.5 Å². The van der Waals surface area contributed by atoms with Crippen molar-refractivity contribution >= 4 is 33.0 Å². The van der Waals surface area contributed by atoms with Crippen molar-refractivity contribution in [2.75, 3.05) is 11.8 Å². The summed E-state index contributed by atoms with van der Waals surface area (Å²) in [6.45, 7) is 1.64. The van der Waals surface area contributed by atoms with Crippen LogP contribution in [0, 0.1) is 12.7 Å². The van der Waals surface area contributed by atoms with Gasteiger partial charge in [-0.3, -0.25) is 4.72 Å². The van der Waals surface area contributed by atoms with Crippen LogP contribution in [0.5, 0.6) is 5.75 Å². The molecular weight excluding hydrogens is 333 g/mol. The van der Waals surface area contributed by atoms with Gasteiger partial charge in [0.1, 0.15) is 15.8 Å². The van der Waals surface area contributed by atoms with E-state index >= 15 is 0 Å². The molecule has 0 aliphatic heterocycles. The lowest BCUT2D eigenvalue weighted by Gasteiger charge is -2.12. The predicted molar refractivity (Wildman–Crippen MR) is 79.8 cm³/mol. The molecule has 1 heterocycles. The number of benzene rings is 1. The molecule has 0 bridgehead atoms. The molecule has 1 aromatic carbocycles. The first kappa shape index (κ1) is 16.2. The summed E-state index contributed by atoms with van der Waals surface area (Å²) < 4.78 is 45.6. The third-order valence-corrected chi connectivity index (χ3v) is 5.88. The first-order valence-corrected chi connectivity index (χ1v) is 8.30. The number of hydrogen-bond acceptors (Lipinski definition) is 5. The van der Waals surface area contributed by atoms with Gasteiger partial charge in [-0.2, -0.15) is 0 Å². The van der Waals surface area contributed by atoms with Crippen LogP contribution in [0.3, 0.4) is 0 Å². The highest BCUT2D eigenvalue weighted by atomic mass is 32.2. The molecule has 2 rings (SSSR count). The van der Waals surface area contributed by atoms with Gasteiger partial charge < -0.3 is 9.84 Å². The molecule has 0 unspecified atom stereocenters. The van der Waals surface area contributed by atoms with Crippen molar-refractivity contribution in [3.8, 4) is 5.75 Å². The number of thiophene rings is 1. The monoisotopic (exact) mass is 345 g/mol. The number of carboxylic acids is 1. The molecule has 0 amide bonds. The van der Waals surface area contributed by atoms with Gasteiger partial charge in [-0.15, -0.1) is 11.3 Å². The zero-order valence-corrected chi connectivity index (χ0v) is 13.2. The van der Waals surface area contributed by atoms with E-state index in [2.05, 4.69) is 4.72 Å². The lowest BCUT2D eigenvalue weighted by atomic mass is 10.2. The number of ether oxygens (including phenoxy) is 1. The summed E-state index contributed by atoms with van der Waals surface area (Å²) in [5.41, 5.74) is -0.219. The van der Waals surface area contributed by atoms with Crippen molar-refractivity contribution in [3.63, 3.8) is 0 Å². The third kappa shape index (κ3) is 3.04. The lowest BCUT2D eigenvalue weighted by molar-refractivity contribution is 0.0691. The average molecular weight is 345 g/mol. The topological polar surface area (TPSA) is 92.7 Å². The molecule has 22 heavy (non-hydrogen) atoms. The Kier molecular flexibility index (Phi) is 4.38. The van der Waals surface area contributed by atoms with Gasteiger partial charge >= 0.3 is 5.97 Å². The number of aromatic carboxylic acids is 1. The molecule has 2 aromatic rings. The average Bonchev–Trinajstić information content (AvgIpc) is 2.85. The van der Waals surface area contributed by atoms with E-state index in [-0.39, 0.29) is 15.6 Å². The molecule has 0 saturated carbocycles. The number of carbonyl (C=O) groups is 1. The molecular formula is C13H12FNO5S2. The quantitative estimate of drug-likeness (QED) is 0.869. The van der Waals surface area contributed by atoms with Gasteiger partial charge in [0, 0.05) is 6.07 Å². The Hall–Kier alpha value is -2.13. The van der Waals surface area contributed by atoms with Crippen LogP contribution in [-0.4, -0.2) is 26.6 Å². The normalized spacial score (nSPS) is 11.2. The fourth-order valence-electron chi connectivity index (χ4n) is 1.79. The Labute approximate surface area is 130 Å². The van der Waals surface area contributed by atoms with E-state index in [1.165, 1.54) is 7.11 Å². The van der Waals surface area contributed by atoms with E-state index in [1.54, 1.807) is 18.4 Å². The van der Waals surface area contributed by atoms with Crippen molar-refractivity contribution in [2.24, 2.45) is 0 Å². The molecule has 2 N–H and O–H groups in total. The van der Waals surface area contributed by atoms with Crippen LogP contribution in [0.1, 0.15) is 15.9 Å². The number of rotatable bonds is 5. The fraction of sp³-hybridized carbons (Fsp3) is 0.154. The number of halogens is 1. The van der Waals surface area contributed by atoms with Gasteiger partial charge in [0.2, 0.25) is 0 Å². The minimum atomic E-state index is -3.91. The number of aryl methyl sites for hydroxylation is 1. The highest BCUT2D eigenvalue weighted by Crippen LogP contribution is 2.31. The molecule has 118 valence electrons. The molecule has 0 fully saturated rings. The van der Waals surface area contributed by atoms with Gasteiger partial charge in [-0.1, -0.05) is 0 Å². The van der Waals surface area contributed by atoms with Crippen LogP contribution >= 0.6 is 11.3 Å². The number of anilines is 1. The van der Waals surface area contributed by atoms with Crippen molar-refractivity contribution in [1.29, 1.82) is 0 Å². The summed E-state index contributed by atoms with van der Waals surface area (Å²) in [7, 11) is -2.68. The van der Waals surface area contributed by atoms with Crippen LogP contribution < -0.4 is 9.46 Å². The molecule has 6 nitrogen and oxygen atoms in total. The second kappa shape index (κ2) is 5.93. The molecule has 1 aromatic heterocycles. The summed E-state index contributed by atoms with van der Waals surface area (Å²) >= 11 is 1.02. The standard InChI is InChI=1S/C13H12FNO5S2/c1-7-3-4-21-13(7)22(18,19)15-10-6-9(14)8(12(16)17)5-11(10)20-2/h3-6,15H,1-2H3,(H,16,17). The Morgan fingerprint density at radius 3 is 2.59 bits per heavy atom. The Morgan fingerprint density at radius 2 is 2.09 bits per heavy atom. The van der Waals surface area contributed by atoms with Crippen LogP contribution in [0.4, 0.5) is 10.1 Å². The number of nitrogens with one attached hydrogen (secondary N) is 1. The Bertz CT molecular complexity index is 829. The predicted octanol–water partition coefficient (Wildman–Crippen LogP) is 2.70. The zero-order valence-electron chi connectivity index (χ0n) is 11.6. The van der Waals surface area contributed by atoms with Crippen LogP contribution in [-0.2, 0) is 10.0 Å². The molecule has 0 aliphatic rings. The number of methoxy groups -OCH3 is 1. The van der Waals surface area contributed by atoms with E-state index in [0.717, 1.165) is 23.5 Å². The summed E-state index contributed by atoms with van der Waals surface area (Å²) in [5, 5.41) is 10.5. The number of sulfonamides is 1. The minimum absolute atomic E-state index is 0.0865. The van der Waals surface area contributed by atoms with Crippen molar-refractivity contribution in [1.82, 2.24) is 0 Å². The van der Waals surface area contributed by atoms with Gasteiger partial charge in [-0.05, 0) is 30.0 Å². The van der Waals surface area contributed by atoms with E-state index in [9.17, 15) is 17.6 Å². The van der Waals surface area contributed by atoms with E-state index in [4.69, 9.17) is 9.84 Å². The Morgan fingerprint density at radius 1 is 1.41 bits per heavy atom. The minimum Gasteiger partial charge on any atom is -0.495 e. The fourth-order valence-corrected chi connectivity index (χ4v) is 4.27. The first-order valence-electron chi connectivity index (χ1n) is 5.94. The second-order valence-corrected chi connectivity index (χ2v) is 7.13. The number of carboxylic acid groups (broad SMARTS) is 1. The van der Waals surface area contributed by atoms with Crippen molar-refractivity contribution < 1.29 is 27.4 Å². The highest BCUT2D eigenvalue weighted by molar-refractivity contribution is 7.94. The lowest BCUT2D eigenvalue weighted by Crippen LogP contribution is -2.14. The van der Waals surface area contributed by atoms with Gasteiger partial charge in [0.15, 0.2) is 0 Å². The summed E-state index contributed by atoms with van der Waals surface area (Å²) in [5.74, 6) is -2.62. The van der Waals surface area contributed by atoms with Gasteiger partial charge in [-0.25, -0.2) is 17.6 Å². The number of hydrogen-bond donors (Lipinski definition) is 2. The largest absolute Gasteiger partial charge is 0.495 e. The maximum Gasteiger partial charge on any atom is 0.338 e. The second-order valence-electron chi connectivity index (χ2n) is 4.33. The smallest absolute Gasteiger partial charge is 0.338 e. The molecule has 0 spiro atoms. The Balaban J connectivity index is 2.48. The van der Waals surface area contributed by atoms with E-state index < -0.39 is 27.4 Å².